The minimum absolute atomic E-state index is 1.00. The zero-order valence-electron chi connectivity index (χ0n) is 8.95. The van der Waals surface area contributed by atoms with Crippen molar-refractivity contribution in [2.75, 3.05) is 0 Å². The molecule has 2 aromatic heterocycles. The van der Waals surface area contributed by atoms with Crippen molar-refractivity contribution in [2.24, 2.45) is 7.05 Å². The second-order valence-corrected chi connectivity index (χ2v) is 4.35. The molecule has 4 heteroatoms. The molecule has 3 nitrogen and oxygen atoms in total. The highest BCUT2D eigenvalue weighted by atomic mass is 79.9. The van der Waals surface area contributed by atoms with Crippen LogP contribution in [0.4, 0.5) is 0 Å². The SMILES string of the molecule is Cc1cc(-c2c(Br)c(C)nn2C)ccn1. The van der Waals surface area contributed by atoms with Gasteiger partial charge in [0.1, 0.15) is 0 Å². The lowest BCUT2D eigenvalue weighted by Gasteiger charge is -2.03. The van der Waals surface area contributed by atoms with Crippen LogP contribution in [0.1, 0.15) is 11.4 Å². The highest BCUT2D eigenvalue weighted by molar-refractivity contribution is 9.10. The number of nitrogens with zero attached hydrogens (tertiary/aromatic N) is 3. The van der Waals surface area contributed by atoms with E-state index in [9.17, 15) is 0 Å². The van der Waals surface area contributed by atoms with Crippen LogP contribution in [0.25, 0.3) is 11.3 Å². The summed E-state index contributed by atoms with van der Waals surface area (Å²) in [5.74, 6) is 0. The van der Waals surface area contributed by atoms with Crippen LogP contribution in [-0.4, -0.2) is 14.8 Å². The van der Waals surface area contributed by atoms with Gasteiger partial charge in [0, 0.05) is 24.5 Å². The fourth-order valence-electron chi connectivity index (χ4n) is 1.64. The molecular weight excluding hydrogens is 254 g/mol. The van der Waals surface area contributed by atoms with Gasteiger partial charge in [-0.3, -0.25) is 9.67 Å². The molecule has 0 unspecified atom stereocenters. The molecule has 0 aliphatic heterocycles. The molecule has 0 saturated carbocycles. The molecule has 0 aromatic carbocycles. The molecule has 0 fully saturated rings. The lowest BCUT2D eigenvalue weighted by atomic mass is 10.1. The van der Waals surface area contributed by atoms with E-state index in [0.29, 0.717) is 0 Å². The second kappa shape index (κ2) is 3.77. The largest absolute Gasteiger partial charge is 0.266 e. The molecule has 0 amide bonds. The smallest absolute Gasteiger partial charge is 0.0825 e. The first-order valence-corrected chi connectivity index (χ1v) is 5.51. The van der Waals surface area contributed by atoms with Gasteiger partial charge in [0.05, 0.1) is 15.9 Å². The highest BCUT2D eigenvalue weighted by Crippen LogP contribution is 2.30. The summed E-state index contributed by atoms with van der Waals surface area (Å²) in [7, 11) is 1.95. The quantitative estimate of drug-likeness (QED) is 0.794. The van der Waals surface area contributed by atoms with E-state index in [2.05, 4.69) is 32.1 Å². The van der Waals surface area contributed by atoms with E-state index in [1.165, 1.54) is 0 Å². The van der Waals surface area contributed by atoms with Crippen molar-refractivity contribution in [1.29, 1.82) is 0 Å². The van der Waals surface area contributed by atoms with E-state index < -0.39 is 0 Å². The van der Waals surface area contributed by atoms with Gasteiger partial charge < -0.3 is 0 Å². The molecule has 0 aliphatic carbocycles. The van der Waals surface area contributed by atoms with Crippen LogP contribution in [0.3, 0.4) is 0 Å². The number of rotatable bonds is 1. The van der Waals surface area contributed by atoms with Crippen molar-refractivity contribution in [2.45, 2.75) is 13.8 Å². The first kappa shape index (κ1) is 10.4. The lowest BCUT2D eigenvalue weighted by Crippen LogP contribution is -1.94. The van der Waals surface area contributed by atoms with Crippen LogP contribution < -0.4 is 0 Å². The maximum Gasteiger partial charge on any atom is 0.0825 e. The van der Waals surface area contributed by atoms with Crippen LogP contribution in [0.2, 0.25) is 0 Å². The predicted octanol–water partition coefficient (Wildman–Crippen LogP) is 2.86. The third kappa shape index (κ3) is 1.81. The van der Waals surface area contributed by atoms with E-state index in [1.807, 2.05) is 37.8 Å². The van der Waals surface area contributed by atoms with E-state index in [0.717, 1.165) is 27.1 Å². The first-order chi connectivity index (χ1) is 7.09. The van der Waals surface area contributed by atoms with Crippen molar-refractivity contribution in [3.63, 3.8) is 0 Å². The maximum absolute atomic E-state index is 4.37. The summed E-state index contributed by atoms with van der Waals surface area (Å²) in [6.07, 6.45) is 1.82. The molecule has 0 spiro atoms. The van der Waals surface area contributed by atoms with Crippen molar-refractivity contribution in [3.05, 3.63) is 34.2 Å². The Hall–Kier alpha value is -1.16. The van der Waals surface area contributed by atoms with Crippen LogP contribution >= 0.6 is 15.9 Å². The summed E-state index contributed by atoms with van der Waals surface area (Å²) in [6, 6.07) is 4.05. The normalized spacial score (nSPS) is 10.7. The Kier molecular flexibility index (Phi) is 2.61. The zero-order valence-corrected chi connectivity index (χ0v) is 10.5. The average Bonchev–Trinajstić information content (AvgIpc) is 2.41. The van der Waals surface area contributed by atoms with Gasteiger partial charge in [0.2, 0.25) is 0 Å². The molecule has 0 radical (unpaired) electrons. The molecule has 2 heterocycles. The molecule has 15 heavy (non-hydrogen) atoms. The third-order valence-corrected chi connectivity index (χ3v) is 3.27. The molecule has 0 saturated heterocycles. The number of aryl methyl sites for hydroxylation is 3. The number of halogens is 1. The Labute approximate surface area is 97.3 Å². The van der Waals surface area contributed by atoms with Gasteiger partial charge in [-0.1, -0.05) is 0 Å². The second-order valence-electron chi connectivity index (χ2n) is 3.56. The van der Waals surface area contributed by atoms with E-state index >= 15 is 0 Å². The Bertz CT molecular complexity index is 503. The summed E-state index contributed by atoms with van der Waals surface area (Å²) in [5, 5.41) is 4.37. The summed E-state index contributed by atoms with van der Waals surface area (Å²) >= 11 is 3.56. The van der Waals surface area contributed by atoms with E-state index in [-0.39, 0.29) is 0 Å². The maximum atomic E-state index is 4.37. The molecule has 0 aliphatic rings. The van der Waals surface area contributed by atoms with Gasteiger partial charge in [0.15, 0.2) is 0 Å². The highest BCUT2D eigenvalue weighted by Gasteiger charge is 2.12. The Morgan fingerprint density at radius 3 is 2.60 bits per heavy atom. The van der Waals surface area contributed by atoms with Crippen molar-refractivity contribution in [1.82, 2.24) is 14.8 Å². The van der Waals surface area contributed by atoms with Crippen LogP contribution in [0.15, 0.2) is 22.8 Å². The van der Waals surface area contributed by atoms with Gasteiger partial charge in [-0.25, -0.2) is 0 Å². The molecule has 0 atom stereocenters. The molecular formula is C11H12BrN3. The van der Waals surface area contributed by atoms with Crippen LogP contribution in [0, 0.1) is 13.8 Å². The molecule has 0 N–H and O–H groups in total. The number of hydrogen-bond acceptors (Lipinski definition) is 2. The topological polar surface area (TPSA) is 30.7 Å². The van der Waals surface area contributed by atoms with Crippen molar-refractivity contribution >= 4 is 15.9 Å². The number of hydrogen-bond donors (Lipinski definition) is 0. The Morgan fingerprint density at radius 1 is 1.33 bits per heavy atom. The molecule has 0 bridgehead atoms. The van der Waals surface area contributed by atoms with Gasteiger partial charge in [-0.2, -0.15) is 5.10 Å². The van der Waals surface area contributed by atoms with Gasteiger partial charge in [-0.15, -0.1) is 0 Å². The van der Waals surface area contributed by atoms with Crippen LogP contribution in [-0.2, 0) is 7.05 Å². The summed E-state index contributed by atoms with van der Waals surface area (Å²) in [6.45, 7) is 3.97. The standard InChI is InChI=1S/C11H12BrN3/c1-7-6-9(4-5-13-7)11-10(12)8(2)14-15(11)3/h4-6H,1-3H3. The zero-order chi connectivity index (χ0) is 11.0. The summed E-state index contributed by atoms with van der Waals surface area (Å²) in [5.41, 5.74) is 4.25. The summed E-state index contributed by atoms with van der Waals surface area (Å²) < 4.78 is 2.93. The number of aromatic nitrogens is 3. The monoisotopic (exact) mass is 265 g/mol. The minimum atomic E-state index is 1.00. The molecule has 78 valence electrons. The molecule has 2 rings (SSSR count). The predicted molar refractivity (Wildman–Crippen MR) is 63.6 cm³/mol. The Morgan fingerprint density at radius 2 is 2.07 bits per heavy atom. The van der Waals surface area contributed by atoms with E-state index in [4.69, 9.17) is 0 Å². The van der Waals surface area contributed by atoms with Crippen LogP contribution in [0.5, 0.6) is 0 Å². The number of pyridine rings is 1. The van der Waals surface area contributed by atoms with Gasteiger partial charge in [-0.05, 0) is 41.9 Å². The average molecular weight is 266 g/mol. The van der Waals surface area contributed by atoms with Crippen molar-refractivity contribution in [3.8, 4) is 11.3 Å². The summed E-state index contributed by atoms with van der Waals surface area (Å²) in [4.78, 5) is 4.19. The lowest BCUT2D eigenvalue weighted by molar-refractivity contribution is 0.764. The minimum Gasteiger partial charge on any atom is -0.266 e. The van der Waals surface area contributed by atoms with Gasteiger partial charge in [0.25, 0.3) is 0 Å². The fraction of sp³-hybridized carbons (Fsp3) is 0.273. The Balaban J connectivity index is 2.63. The third-order valence-electron chi connectivity index (χ3n) is 2.32. The molecule has 2 aromatic rings. The van der Waals surface area contributed by atoms with E-state index in [1.54, 1.807) is 0 Å². The van der Waals surface area contributed by atoms with Crippen molar-refractivity contribution < 1.29 is 0 Å². The first-order valence-electron chi connectivity index (χ1n) is 4.71. The van der Waals surface area contributed by atoms with Gasteiger partial charge >= 0.3 is 0 Å². The fourth-order valence-corrected chi connectivity index (χ4v) is 2.20.